The number of hydrogen-bond acceptors (Lipinski definition) is 7. The molecule has 1 aliphatic heterocycles. The quantitative estimate of drug-likeness (QED) is 0.223. The Morgan fingerprint density at radius 2 is 1.55 bits per heavy atom. The first-order valence-electron chi connectivity index (χ1n) is 14.3. The first-order chi connectivity index (χ1) is 21.3. The Morgan fingerprint density at radius 1 is 0.864 bits per heavy atom. The monoisotopic (exact) mass is 672 g/mol. The highest BCUT2D eigenvalue weighted by atomic mass is 79.9. The summed E-state index contributed by atoms with van der Waals surface area (Å²) in [5.41, 5.74) is 6.00. The predicted molar refractivity (Wildman–Crippen MR) is 178 cm³/mol. The van der Waals surface area contributed by atoms with Crippen LogP contribution in [0.25, 0.3) is 12.2 Å². The average molecular weight is 674 g/mol. The van der Waals surface area contributed by atoms with Crippen molar-refractivity contribution in [2.45, 2.75) is 25.8 Å². The zero-order valence-corrected chi connectivity index (χ0v) is 27.6. The molecule has 0 spiro atoms. The van der Waals surface area contributed by atoms with Crippen LogP contribution in [0.5, 0.6) is 23.0 Å². The minimum atomic E-state index is -0.352. The molecule has 0 radical (unpaired) electrons. The highest BCUT2D eigenvalue weighted by Crippen LogP contribution is 2.45. The van der Waals surface area contributed by atoms with E-state index < -0.39 is 0 Å². The maximum atomic E-state index is 14.2. The standard InChI is InChI=1S/C35H33BrN2O5S/c1-20-9-11-23(15-22-10-13-26(40-2)28(17-22)42-4)32-31(20)33(24-12-14-27(41-3)29(19-24)43-5)38-34(39)30(44-35(38)37-32)18-21-7-6-8-25(36)16-21/h6-8,10,12-20,33H,9,11H2,1-5H3. The lowest BCUT2D eigenvalue weighted by Gasteiger charge is -2.35. The van der Waals surface area contributed by atoms with E-state index in [9.17, 15) is 4.79 Å². The number of allylic oxidation sites excluding steroid dienone is 2. The fourth-order valence-electron chi connectivity index (χ4n) is 6.01. The zero-order chi connectivity index (χ0) is 31.0. The van der Waals surface area contributed by atoms with E-state index in [1.54, 1.807) is 28.4 Å². The summed E-state index contributed by atoms with van der Waals surface area (Å²) in [6.45, 7) is 2.22. The van der Waals surface area contributed by atoms with Gasteiger partial charge in [0.15, 0.2) is 27.8 Å². The van der Waals surface area contributed by atoms with Gasteiger partial charge < -0.3 is 18.9 Å². The van der Waals surface area contributed by atoms with Gasteiger partial charge in [-0.1, -0.05) is 58.5 Å². The van der Waals surface area contributed by atoms with E-state index in [2.05, 4.69) is 28.9 Å². The van der Waals surface area contributed by atoms with E-state index in [4.69, 9.17) is 23.9 Å². The molecule has 0 N–H and O–H groups in total. The van der Waals surface area contributed by atoms with Crippen LogP contribution in [-0.4, -0.2) is 33.0 Å². The summed E-state index contributed by atoms with van der Waals surface area (Å²) in [5.74, 6) is 2.80. The van der Waals surface area contributed by atoms with Gasteiger partial charge in [0.25, 0.3) is 5.56 Å². The minimum Gasteiger partial charge on any atom is -0.493 e. The smallest absolute Gasteiger partial charge is 0.271 e. The fraction of sp³-hybridized carbons (Fsp3) is 0.257. The van der Waals surface area contributed by atoms with Crippen molar-refractivity contribution in [3.8, 4) is 23.0 Å². The summed E-state index contributed by atoms with van der Waals surface area (Å²) in [6, 6.07) is 19.4. The highest BCUT2D eigenvalue weighted by Gasteiger charge is 2.36. The van der Waals surface area contributed by atoms with Crippen LogP contribution >= 0.6 is 27.3 Å². The van der Waals surface area contributed by atoms with Gasteiger partial charge in [-0.2, -0.15) is 0 Å². The summed E-state index contributed by atoms with van der Waals surface area (Å²) in [7, 11) is 6.52. The van der Waals surface area contributed by atoms with Gasteiger partial charge in [-0.05, 0) is 95.1 Å². The number of halogens is 1. The van der Waals surface area contributed by atoms with E-state index in [0.717, 1.165) is 50.8 Å². The molecule has 3 aromatic carbocycles. The Balaban J connectivity index is 1.60. The third-order valence-electron chi connectivity index (χ3n) is 8.17. The second-order valence-corrected chi connectivity index (χ2v) is 12.7. The first kappa shape index (κ1) is 30.0. The molecule has 2 unspecified atom stereocenters. The molecular formula is C35H33BrN2O5S. The summed E-state index contributed by atoms with van der Waals surface area (Å²) in [5, 5.41) is 0. The van der Waals surface area contributed by atoms with Gasteiger partial charge in [0.2, 0.25) is 0 Å². The van der Waals surface area contributed by atoms with Gasteiger partial charge in [-0.25, -0.2) is 4.99 Å². The molecule has 2 atom stereocenters. The van der Waals surface area contributed by atoms with E-state index in [-0.39, 0.29) is 17.5 Å². The lowest BCUT2D eigenvalue weighted by molar-refractivity contribution is 0.353. The maximum absolute atomic E-state index is 14.2. The normalized spacial score (nSPS) is 18.9. The van der Waals surface area contributed by atoms with Gasteiger partial charge >= 0.3 is 0 Å². The molecule has 4 aromatic rings. The lowest BCUT2D eigenvalue weighted by Crippen LogP contribution is -2.40. The van der Waals surface area contributed by atoms with Crippen molar-refractivity contribution in [2.24, 2.45) is 10.9 Å². The van der Waals surface area contributed by atoms with Crippen LogP contribution in [0.1, 0.15) is 42.5 Å². The van der Waals surface area contributed by atoms with Gasteiger partial charge in [-0.3, -0.25) is 9.36 Å². The number of benzene rings is 3. The third kappa shape index (κ3) is 5.50. The van der Waals surface area contributed by atoms with Crippen LogP contribution in [-0.2, 0) is 0 Å². The van der Waals surface area contributed by atoms with E-state index in [0.29, 0.717) is 32.3 Å². The number of fused-ring (bicyclic) bond motifs is 1. The number of ether oxygens (including phenoxy) is 4. The van der Waals surface area contributed by atoms with Crippen molar-refractivity contribution in [3.05, 3.63) is 118 Å². The largest absolute Gasteiger partial charge is 0.493 e. The molecular weight excluding hydrogens is 640 g/mol. The minimum absolute atomic E-state index is 0.0664. The number of thiazole rings is 1. The summed E-state index contributed by atoms with van der Waals surface area (Å²) >= 11 is 4.96. The molecule has 44 heavy (non-hydrogen) atoms. The van der Waals surface area contributed by atoms with Crippen LogP contribution in [0.2, 0.25) is 0 Å². The molecule has 0 saturated carbocycles. The number of methoxy groups -OCH3 is 4. The summed E-state index contributed by atoms with van der Waals surface area (Å²) < 4.78 is 25.7. The molecule has 7 nitrogen and oxygen atoms in total. The van der Waals surface area contributed by atoms with Gasteiger partial charge in [-0.15, -0.1) is 0 Å². The van der Waals surface area contributed by atoms with Crippen molar-refractivity contribution >= 4 is 39.4 Å². The second-order valence-electron chi connectivity index (χ2n) is 10.8. The molecule has 2 heterocycles. The molecule has 2 aliphatic rings. The first-order valence-corrected chi connectivity index (χ1v) is 15.9. The fourth-order valence-corrected chi connectivity index (χ4v) is 7.43. The molecule has 9 heteroatoms. The van der Waals surface area contributed by atoms with Crippen LogP contribution < -0.4 is 33.8 Å². The van der Waals surface area contributed by atoms with E-state index in [1.807, 2.05) is 71.3 Å². The molecule has 0 saturated heterocycles. The number of rotatable bonds is 7. The second kappa shape index (κ2) is 12.5. The predicted octanol–water partition coefficient (Wildman–Crippen LogP) is 6.53. The average Bonchev–Trinajstić information content (AvgIpc) is 3.35. The van der Waals surface area contributed by atoms with Crippen LogP contribution in [0, 0.1) is 5.92 Å². The van der Waals surface area contributed by atoms with Crippen molar-refractivity contribution in [1.29, 1.82) is 0 Å². The Morgan fingerprint density at radius 3 is 2.25 bits per heavy atom. The highest BCUT2D eigenvalue weighted by molar-refractivity contribution is 9.10. The number of aromatic nitrogens is 1. The molecule has 0 amide bonds. The van der Waals surface area contributed by atoms with Crippen molar-refractivity contribution in [3.63, 3.8) is 0 Å². The van der Waals surface area contributed by atoms with Gasteiger partial charge in [0.05, 0.1) is 44.7 Å². The zero-order valence-electron chi connectivity index (χ0n) is 25.2. The van der Waals surface area contributed by atoms with Crippen molar-refractivity contribution < 1.29 is 18.9 Å². The van der Waals surface area contributed by atoms with Crippen LogP contribution in [0.4, 0.5) is 0 Å². The number of hydrogen-bond donors (Lipinski definition) is 0. The topological polar surface area (TPSA) is 71.3 Å². The molecule has 0 fully saturated rings. The Bertz CT molecular complexity index is 1990. The lowest BCUT2D eigenvalue weighted by atomic mass is 9.77. The third-order valence-corrected chi connectivity index (χ3v) is 9.65. The van der Waals surface area contributed by atoms with Crippen LogP contribution in [0.15, 0.2) is 91.8 Å². The van der Waals surface area contributed by atoms with Gasteiger partial charge in [0.1, 0.15) is 0 Å². The van der Waals surface area contributed by atoms with Crippen molar-refractivity contribution in [1.82, 2.24) is 4.57 Å². The van der Waals surface area contributed by atoms with Crippen LogP contribution in [0.3, 0.4) is 0 Å². The van der Waals surface area contributed by atoms with Gasteiger partial charge in [0, 0.05) is 4.47 Å². The van der Waals surface area contributed by atoms with Crippen molar-refractivity contribution in [2.75, 3.05) is 28.4 Å². The summed E-state index contributed by atoms with van der Waals surface area (Å²) in [6.07, 6.45) is 5.91. The van der Waals surface area contributed by atoms with E-state index >= 15 is 0 Å². The molecule has 0 bridgehead atoms. The maximum Gasteiger partial charge on any atom is 0.271 e. The van der Waals surface area contributed by atoms with E-state index in [1.165, 1.54) is 11.3 Å². The molecule has 6 rings (SSSR count). The molecule has 1 aromatic heterocycles. The SMILES string of the molecule is COc1ccc(C=C2CCC(C)C3=C2N=c2sc(=Cc4cccc(Br)c4)c(=O)n2C3c2ccc(OC)c(OC)c2)cc1OC. The molecule has 226 valence electrons. The number of nitrogens with zero attached hydrogens (tertiary/aromatic N) is 2. The Kier molecular flexibility index (Phi) is 8.51. The Labute approximate surface area is 268 Å². The molecule has 1 aliphatic carbocycles. The Hall–Kier alpha value is -4.08. The summed E-state index contributed by atoms with van der Waals surface area (Å²) in [4.78, 5) is 20.1.